The molecule has 0 unspecified atom stereocenters. The number of nitrogens with zero attached hydrogens (tertiary/aromatic N) is 4. The lowest BCUT2D eigenvalue weighted by molar-refractivity contribution is -0.0191. The molecule has 2 N–H and O–H groups in total. The van der Waals surface area contributed by atoms with E-state index in [1.165, 1.54) is 0 Å². The highest BCUT2D eigenvalue weighted by Gasteiger charge is 2.42. The molecule has 1 saturated heterocycles. The highest BCUT2D eigenvalue weighted by Crippen LogP contribution is 2.36. The summed E-state index contributed by atoms with van der Waals surface area (Å²) in [5.41, 5.74) is 4.51. The summed E-state index contributed by atoms with van der Waals surface area (Å²) < 4.78 is 2.07. The molecule has 0 amide bonds. The number of rotatable bonds is 11. The molecular weight excluding hydrogens is 474 g/mol. The Labute approximate surface area is 218 Å². The van der Waals surface area contributed by atoms with Crippen molar-refractivity contribution >= 4 is 23.7 Å². The van der Waals surface area contributed by atoms with Gasteiger partial charge in [-0.05, 0) is 51.2 Å². The van der Waals surface area contributed by atoms with E-state index in [9.17, 15) is 9.90 Å². The summed E-state index contributed by atoms with van der Waals surface area (Å²) in [6, 6.07) is 12.1. The Morgan fingerprint density at radius 2 is 1.97 bits per heavy atom. The van der Waals surface area contributed by atoms with Crippen molar-refractivity contribution in [2.45, 2.75) is 39.6 Å². The van der Waals surface area contributed by atoms with E-state index >= 15 is 0 Å². The quantitative estimate of drug-likeness (QED) is 0.373. The van der Waals surface area contributed by atoms with E-state index < -0.39 is 0 Å². The summed E-state index contributed by atoms with van der Waals surface area (Å²) in [5, 5.41) is 13.6. The van der Waals surface area contributed by atoms with Gasteiger partial charge in [-0.25, -0.2) is 4.98 Å². The largest absolute Gasteiger partial charge is 0.392 e. The molecule has 0 saturated carbocycles. The molecule has 4 rings (SSSR count). The van der Waals surface area contributed by atoms with Crippen LogP contribution < -0.4 is 5.32 Å². The van der Waals surface area contributed by atoms with E-state index in [4.69, 9.17) is 11.6 Å². The molecule has 36 heavy (non-hydrogen) atoms. The zero-order valence-corrected chi connectivity index (χ0v) is 22.3. The zero-order chi connectivity index (χ0) is 25.9. The molecular formula is C28H36ClN5O2. The number of carbonyl (C=O) groups excluding carboxylic acids is 1. The smallest absolute Gasteiger partial charge is 0.166 e. The number of aliphatic hydroxyl groups excluding tert-OH is 1. The SMILES string of the molecule is CC(C)Nc1cc(-c2cc(C=O)n(CC3(CN(C)Cc4ccccc4CO)CN(C)C3)c2)c(Cl)cn1. The molecule has 0 spiro atoms. The average Bonchev–Trinajstić information content (AvgIpc) is 3.21. The van der Waals surface area contributed by atoms with E-state index in [1.54, 1.807) is 6.20 Å². The Balaban J connectivity index is 1.56. The number of anilines is 1. The molecule has 192 valence electrons. The first kappa shape index (κ1) is 26.4. The third-order valence-electron chi connectivity index (χ3n) is 6.70. The number of aliphatic hydroxyl groups is 1. The predicted octanol–water partition coefficient (Wildman–Crippen LogP) is 4.39. The molecule has 7 nitrogen and oxygen atoms in total. The zero-order valence-electron chi connectivity index (χ0n) is 21.5. The van der Waals surface area contributed by atoms with Gasteiger partial charge < -0.3 is 24.8 Å². The van der Waals surface area contributed by atoms with Gasteiger partial charge in [0.15, 0.2) is 6.29 Å². The summed E-state index contributed by atoms with van der Waals surface area (Å²) >= 11 is 6.51. The normalized spacial score (nSPS) is 15.3. The molecule has 3 aromatic rings. The van der Waals surface area contributed by atoms with Crippen LogP contribution in [0.25, 0.3) is 11.1 Å². The molecule has 0 bridgehead atoms. The van der Waals surface area contributed by atoms with Crippen LogP contribution in [0.3, 0.4) is 0 Å². The predicted molar refractivity (Wildman–Crippen MR) is 145 cm³/mol. The lowest BCUT2D eigenvalue weighted by atomic mass is 9.79. The van der Waals surface area contributed by atoms with Crippen LogP contribution in [0, 0.1) is 5.41 Å². The maximum absolute atomic E-state index is 12.0. The van der Waals surface area contributed by atoms with Gasteiger partial charge in [0.2, 0.25) is 0 Å². The highest BCUT2D eigenvalue weighted by atomic mass is 35.5. The van der Waals surface area contributed by atoms with Gasteiger partial charge >= 0.3 is 0 Å². The molecule has 0 aliphatic carbocycles. The van der Waals surface area contributed by atoms with Crippen LogP contribution in [0.2, 0.25) is 5.02 Å². The van der Waals surface area contributed by atoms with Crippen LogP contribution in [0.5, 0.6) is 0 Å². The average molecular weight is 510 g/mol. The van der Waals surface area contributed by atoms with Gasteiger partial charge in [0.25, 0.3) is 0 Å². The minimum atomic E-state index is 0.0120. The number of carbonyl (C=O) groups is 1. The first-order valence-corrected chi connectivity index (χ1v) is 12.7. The van der Waals surface area contributed by atoms with Gasteiger partial charge in [-0.15, -0.1) is 0 Å². The van der Waals surface area contributed by atoms with Crippen molar-refractivity contribution in [2.75, 3.05) is 39.0 Å². The van der Waals surface area contributed by atoms with E-state index in [-0.39, 0.29) is 18.1 Å². The fourth-order valence-corrected chi connectivity index (χ4v) is 5.65. The minimum Gasteiger partial charge on any atom is -0.392 e. The van der Waals surface area contributed by atoms with Crippen molar-refractivity contribution < 1.29 is 9.90 Å². The number of benzene rings is 1. The number of hydrogen-bond donors (Lipinski definition) is 2. The lowest BCUT2D eigenvalue weighted by Crippen LogP contribution is -2.60. The minimum absolute atomic E-state index is 0.0120. The monoisotopic (exact) mass is 509 g/mol. The van der Waals surface area contributed by atoms with Crippen LogP contribution in [-0.2, 0) is 19.7 Å². The van der Waals surface area contributed by atoms with Gasteiger partial charge in [0, 0.05) is 67.7 Å². The number of halogens is 1. The molecule has 8 heteroatoms. The van der Waals surface area contributed by atoms with Crippen molar-refractivity contribution in [1.29, 1.82) is 0 Å². The second-order valence-electron chi connectivity index (χ2n) is 10.5. The Kier molecular flexibility index (Phi) is 8.15. The van der Waals surface area contributed by atoms with Crippen molar-refractivity contribution in [3.8, 4) is 11.1 Å². The standard InChI is InChI=1S/C28H36ClN5O2/c1-20(2)31-27-10-25(26(29)11-30-27)23-9-24(15-36)34(13-23)19-28(17-33(4)18-28)16-32(3)12-21-7-5-6-8-22(21)14-35/h5-11,13,15,20,35H,12,14,16-19H2,1-4H3,(H,30,31). The number of aldehydes is 1. The van der Waals surface area contributed by atoms with Crippen LogP contribution in [-0.4, -0.2) is 70.5 Å². The second kappa shape index (κ2) is 11.1. The van der Waals surface area contributed by atoms with E-state index in [1.807, 2.05) is 36.5 Å². The van der Waals surface area contributed by atoms with Gasteiger partial charge in [0.1, 0.15) is 5.82 Å². The first-order chi connectivity index (χ1) is 17.2. The van der Waals surface area contributed by atoms with Gasteiger partial charge in [-0.2, -0.15) is 0 Å². The molecule has 0 atom stereocenters. The maximum atomic E-state index is 12.0. The van der Waals surface area contributed by atoms with Crippen molar-refractivity contribution in [3.05, 3.63) is 70.6 Å². The van der Waals surface area contributed by atoms with Crippen molar-refractivity contribution in [3.63, 3.8) is 0 Å². The van der Waals surface area contributed by atoms with Crippen LogP contribution >= 0.6 is 11.6 Å². The van der Waals surface area contributed by atoms with Gasteiger partial charge in [-0.3, -0.25) is 4.79 Å². The molecule has 1 aromatic carbocycles. The topological polar surface area (TPSA) is 73.6 Å². The summed E-state index contributed by atoms with van der Waals surface area (Å²) in [7, 11) is 4.25. The van der Waals surface area contributed by atoms with Crippen molar-refractivity contribution in [1.82, 2.24) is 19.4 Å². The van der Waals surface area contributed by atoms with Gasteiger partial charge in [-0.1, -0.05) is 35.9 Å². The summed E-state index contributed by atoms with van der Waals surface area (Å²) in [4.78, 5) is 21.0. The Hall–Kier alpha value is -2.71. The lowest BCUT2D eigenvalue weighted by Gasteiger charge is -2.50. The third-order valence-corrected chi connectivity index (χ3v) is 7.01. The first-order valence-electron chi connectivity index (χ1n) is 12.3. The molecule has 1 fully saturated rings. The van der Waals surface area contributed by atoms with E-state index in [0.29, 0.717) is 10.7 Å². The molecule has 2 aromatic heterocycles. The second-order valence-corrected chi connectivity index (χ2v) is 10.9. The Bertz CT molecular complexity index is 1200. The fourth-order valence-electron chi connectivity index (χ4n) is 5.44. The van der Waals surface area contributed by atoms with Crippen molar-refractivity contribution in [2.24, 2.45) is 5.41 Å². The third kappa shape index (κ3) is 5.98. The Morgan fingerprint density at radius 1 is 1.25 bits per heavy atom. The highest BCUT2D eigenvalue weighted by molar-refractivity contribution is 6.33. The molecule has 3 heterocycles. The van der Waals surface area contributed by atoms with Crippen LogP contribution in [0.4, 0.5) is 5.82 Å². The van der Waals surface area contributed by atoms with Crippen LogP contribution in [0.15, 0.2) is 48.8 Å². The van der Waals surface area contributed by atoms with E-state index in [0.717, 1.165) is 67.1 Å². The number of hydrogen-bond acceptors (Lipinski definition) is 6. The number of likely N-dealkylation sites (tertiary alicyclic amines) is 1. The van der Waals surface area contributed by atoms with E-state index in [2.05, 4.69) is 58.7 Å². The fraction of sp³-hybridized carbons (Fsp3) is 0.429. The Morgan fingerprint density at radius 3 is 2.61 bits per heavy atom. The van der Waals surface area contributed by atoms with Gasteiger partial charge in [0.05, 0.1) is 17.3 Å². The van der Waals surface area contributed by atoms with Crippen LogP contribution in [0.1, 0.15) is 35.5 Å². The molecule has 1 aliphatic rings. The summed E-state index contributed by atoms with van der Waals surface area (Å²) in [6.45, 7) is 8.43. The summed E-state index contributed by atoms with van der Waals surface area (Å²) in [6.07, 6.45) is 4.61. The number of nitrogens with one attached hydrogen (secondary N) is 1. The maximum Gasteiger partial charge on any atom is 0.166 e. The number of pyridine rings is 1. The number of aromatic nitrogens is 2. The summed E-state index contributed by atoms with van der Waals surface area (Å²) in [5.74, 6) is 0.756. The molecule has 0 radical (unpaired) electrons. The molecule has 1 aliphatic heterocycles.